The number of hydrogen-bond donors (Lipinski definition) is 0. The third kappa shape index (κ3) is 2.12. The highest BCUT2D eigenvalue weighted by Crippen LogP contribution is 2.27. The summed E-state index contributed by atoms with van der Waals surface area (Å²) in [6.07, 6.45) is 1.02. The van der Waals surface area contributed by atoms with Gasteiger partial charge in [0.15, 0.2) is 0 Å². The van der Waals surface area contributed by atoms with Crippen LogP contribution in [0, 0.1) is 0 Å². The average molecular weight is 231 g/mol. The first-order chi connectivity index (χ1) is 7.86. The van der Waals surface area contributed by atoms with Crippen molar-refractivity contribution in [3.63, 3.8) is 0 Å². The summed E-state index contributed by atoms with van der Waals surface area (Å²) < 4.78 is 0. The topological polar surface area (TPSA) is 0 Å². The number of halogens is 1. The second kappa shape index (κ2) is 5.18. The van der Waals surface area contributed by atoms with Gasteiger partial charge in [0, 0.05) is 5.88 Å². The molecule has 1 heteroatoms. The molecule has 16 heavy (non-hydrogen) atoms. The molecule has 0 nitrogen and oxygen atoms in total. The van der Waals surface area contributed by atoms with E-state index in [0.29, 0.717) is 5.88 Å². The summed E-state index contributed by atoms with van der Waals surface area (Å²) in [6, 6.07) is 16.8. The zero-order chi connectivity index (χ0) is 11.4. The van der Waals surface area contributed by atoms with Crippen molar-refractivity contribution in [2.75, 3.05) is 0 Å². The molecule has 0 bridgehead atoms. The Balaban J connectivity index is 2.57. The smallest absolute Gasteiger partial charge is 0.0477 e. The van der Waals surface area contributed by atoms with Crippen LogP contribution in [0.2, 0.25) is 0 Å². The summed E-state index contributed by atoms with van der Waals surface area (Å²) >= 11 is 5.97. The molecule has 0 N–H and O–H groups in total. The molecule has 82 valence electrons. The van der Waals surface area contributed by atoms with Gasteiger partial charge in [0.2, 0.25) is 0 Å². The standard InChI is InChI=1S/C15H15Cl/c1-2-14-13(11-16)9-6-10-15(14)12-7-4-3-5-8-12/h3-10H,2,11H2,1H3. The first-order valence-electron chi connectivity index (χ1n) is 5.59. The van der Waals surface area contributed by atoms with Crippen LogP contribution in [0.3, 0.4) is 0 Å². The van der Waals surface area contributed by atoms with Crippen LogP contribution < -0.4 is 0 Å². The summed E-state index contributed by atoms with van der Waals surface area (Å²) in [7, 11) is 0. The maximum absolute atomic E-state index is 5.97. The van der Waals surface area contributed by atoms with Gasteiger partial charge in [-0.25, -0.2) is 0 Å². The van der Waals surface area contributed by atoms with E-state index in [1.54, 1.807) is 0 Å². The minimum atomic E-state index is 0.587. The maximum Gasteiger partial charge on any atom is 0.0477 e. The lowest BCUT2D eigenvalue weighted by Gasteiger charge is -2.11. The van der Waals surface area contributed by atoms with E-state index in [9.17, 15) is 0 Å². The summed E-state index contributed by atoms with van der Waals surface area (Å²) in [4.78, 5) is 0. The predicted molar refractivity (Wildman–Crippen MR) is 70.8 cm³/mol. The quantitative estimate of drug-likeness (QED) is 0.673. The molecular formula is C15H15Cl. The summed E-state index contributed by atoms with van der Waals surface area (Å²) in [5.41, 5.74) is 5.18. The Labute approximate surface area is 102 Å². The van der Waals surface area contributed by atoms with E-state index in [2.05, 4.69) is 49.4 Å². The van der Waals surface area contributed by atoms with Crippen molar-refractivity contribution in [3.8, 4) is 11.1 Å². The minimum Gasteiger partial charge on any atom is -0.122 e. The van der Waals surface area contributed by atoms with E-state index in [4.69, 9.17) is 11.6 Å². The third-order valence-electron chi connectivity index (χ3n) is 2.86. The SMILES string of the molecule is CCc1c(CCl)cccc1-c1ccccc1. The van der Waals surface area contributed by atoms with Crippen LogP contribution in [-0.2, 0) is 12.3 Å². The van der Waals surface area contributed by atoms with E-state index in [-0.39, 0.29) is 0 Å². The second-order valence-electron chi connectivity index (χ2n) is 3.80. The van der Waals surface area contributed by atoms with Crippen molar-refractivity contribution in [1.82, 2.24) is 0 Å². The third-order valence-corrected chi connectivity index (χ3v) is 3.14. The Hall–Kier alpha value is -1.27. The van der Waals surface area contributed by atoms with Crippen molar-refractivity contribution in [2.24, 2.45) is 0 Å². The lowest BCUT2D eigenvalue weighted by Crippen LogP contribution is -1.93. The highest BCUT2D eigenvalue weighted by atomic mass is 35.5. The number of rotatable bonds is 3. The lowest BCUT2D eigenvalue weighted by atomic mass is 9.94. The molecule has 0 saturated heterocycles. The molecule has 0 heterocycles. The minimum absolute atomic E-state index is 0.587. The average Bonchev–Trinajstić information content (AvgIpc) is 2.38. The first-order valence-corrected chi connectivity index (χ1v) is 6.12. The van der Waals surface area contributed by atoms with E-state index in [0.717, 1.165) is 6.42 Å². The molecule has 2 aromatic rings. The molecule has 0 saturated carbocycles. The van der Waals surface area contributed by atoms with Gasteiger partial charge in [-0.15, -0.1) is 11.6 Å². The highest BCUT2D eigenvalue weighted by Gasteiger charge is 2.06. The van der Waals surface area contributed by atoms with Crippen LogP contribution in [0.25, 0.3) is 11.1 Å². The van der Waals surface area contributed by atoms with Crippen LogP contribution in [0.5, 0.6) is 0 Å². The van der Waals surface area contributed by atoms with Crippen molar-refractivity contribution in [2.45, 2.75) is 19.2 Å². The van der Waals surface area contributed by atoms with E-state index in [1.165, 1.54) is 22.3 Å². The molecule has 0 atom stereocenters. The van der Waals surface area contributed by atoms with E-state index < -0.39 is 0 Å². The molecule has 0 aliphatic rings. The molecule has 0 unspecified atom stereocenters. The summed E-state index contributed by atoms with van der Waals surface area (Å²) in [5.74, 6) is 0.587. The number of hydrogen-bond acceptors (Lipinski definition) is 0. The van der Waals surface area contributed by atoms with Gasteiger partial charge in [-0.2, -0.15) is 0 Å². The fourth-order valence-corrected chi connectivity index (χ4v) is 2.32. The summed E-state index contributed by atoms with van der Waals surface area (Å²) in [5, 5.41) is 0. The lowest BCUT2D eigenvalue weighted by molar-refractivity contribution is 1.10. The van der Waals surface area contributed by atoms with Crippen LogP contribution >= 0.6 is 11.6 Å². The van der Waals surface area contributed by atoms with Crippen molar-refractivity contribution in [1.29, 1.82) is 0 Å². The fourth-order valence-electron chi connectivity index (χ4n) is 2.07. The zero-order valence-electron chi connectivity index (χ0n) is 9.41. The van der Waals surface area contributed by atoms with Crippen LogP contribution in [0.4, 0.5) is 0 Å². The molecule has 0 aromatic heterocycles. The second-order valence-corrected chi connectivity index (χ2v) is 4.06. The van der Waals surface area contributed by atoms with Gasteiger partial charge in [0.05, 0.1) is 0 Å². The largest absolute Gasteiger partial charge is 0.122 e. The Morgan fingerprint density at radius 1 is 0.938 bits per heavy atom. The van der Waals surface area contributed by atoms with Gasteiger partial charge in [0.1, 0.15) is 0 Å². The monoisotopic (exact) mass is 230 g/mol. The highest BCUT2D eigenvalue weighted by molar-refractivity contribution is 6.17. The van der Waals surface area contributed by atoms with Gasteiger partial charge in [0.25, 0.3) is 0 Å². The maximum atomic E-state index is 5.97. The number of alkyl halides is 1. The number of benzene rings is 2. The van der Waals surface area contributed by atoms with Gasteiger partial charge >= 0.3 is 0 Å². The zero-order valence-corrected chi connectivity index (χ0v) is 10.2. The first kappa shape index (κ1) is 11.2. The Morgan fingerprint density at radius 2 is 1.69 bits per heavy atom. The molecule has 2 rings (SSSR count). The van der Waals surface area contributed by atoms with Crippen LogP contribution in [0.15, 0.2) is 48.5 Å². The van der Waals surface area contributed by atoms with Gasteiger partial charge < -0.3 is 0 Å². The predicted octanol–water partition coefficient (Wildman–Crippen LogP) is 4.65. The molecule has 0 radical (unpaired) electrons. The van der Waals surface area contributed by atoms with Gasteiger partial charge in [-0.1, -0.05) is 55.5 Å². The van der Waals surface area contributed by atoms with Crippen LogP contribution in [-0.4, -0.2) is 0 Å². The molecule has 0 fully saturated rings. The molecule has 0 aliphatic carbocycles. The van der Waals surface area contributed by atoms with E-state index >= 15 is 0 Å². The molecular weight excluding hydrogens is 216 g/mol. The van der Waals surface area contributed by atoms with Crippen molar-refractivity contribution in [3.05, 3.63) is 59.7 Å². The Morgan fingerprint density at radius 3 is 2.31 bits per heavy atom. The molecule has 0 amide bonds. The molecule has 0 aliphatic heterocycles. The normalized spacial score (nSPS) is 10.4. The Bertz CT molecular complexity index is 460. The Kier molecular flexibility index (Phi) is 3.63. The van der Waals surface area contributed by atoms with Crippen LogP contribution in [0.1, 0.15) is 18.1 Å². The van der Waals surface area contributed by atoms with E-state index in [1.807, 2.05) is 6.07 Å². The molecule has 0 spiro atoms. The fraction of sp³-hybridized carbons (Fsp3) is 0.200. The van der Waals surface area contributed by atoms with Gasteiger partial charge in [-0.3, -0.25) is 0 Å². The van der Waals surface area contributed by atoms with Gasteiger partial charge in [-0.05, 0) is 28.7 Å². The van der Waals surface area contributed by atoms with Crippen molar-refractivity contribution >= 4 is 11.6 Å². The summed E-state index contributed by atoms with van der Waals surface area (Å²) in [6.45, 7) is 2.18. The molecule has 2 aromatic carbocycles. The van der Waals surface area contributed by atoms with Crippen molar-refractivity contribution < 1.29 is 0 Å².